The van der Waals surface area contributed by atoms with E-state index in [1.807, 2.05) is 6.92 Å². The third kappa shape index (κ3) is 7.52. The first-order valence-electron chi connectivity index (χ1n) is 3.33. The van der Waals surface area contributed by atoms with Crippen molar-refractivity contribution in [3.05, 3.63) is 0 Å². The number of hydrogen-bond acceptors (Lipinski definition) is 1. The fraction of sp³-hybridized carbons (Fsp3) is 0.750. The minimum absolute atomic E-state index is 0.463. The van der Waals surface area contributed by atoms with Gasteiger partial charge in [-0.2, -0.15) is 0 Å². The molecule has 0 aliphatic heterocycles. The molecule has 52 valence electrons. The van der Waals surface area contributed by atoms with Crippen molar-refractivity contribution in [1.29, 1.82) is 0 Å². The van der Waals surface area contributed by atoms with Crippen LogP contribution in [-0.2, 0) is 4.74 Å². The van der Waals surface area contributed by atoms with Gasteiger partial charge in [-0.05, 0) is 6.92 Å². The lowest BCUT2D eigenvalue weighted by Gasteiger charge is -1.90. The van der Waals surface area contributed by atoms with E-state index in [0.717, 1.165) is 6.61 Å². The van der Waals surface area contributed by atoms with Gasteiger partial charge in [0.25, 0.3) is 0 Å². The van der Waals surface area contributed by atoms with E-state index in [-0.39, 0.29) is 0 Å². The Labute approximate surface area is 57.4 Å². The Hall–Kier alpha value is -0.480. The molecular weight excluding hydrogens is 112 g/mol. The predicted octanol–water partition coefficient (Wildman–Crippen LogP) is 1.68. The molecule has 0 aromatic carbocycles. The minimum atomic E-state index is 0.463. The molecule has 0 amide bonds. The van der Waals surface area contributed by atoms with Crippen LogP contribution in [0.2, 0.25) is 0 Å². The Kier molecular flexibility index (Phi) is 5.35. The monoisotopic (exact) mass is 126 g/mol. The molecule has 0 N–H and O–H groups in total. The van der Waals surface area contributed by atoms with E-state index in [9.17, 15) is 0 Å². The van der Waals surface area contributed by atoms with E-state index in [1.54, 1.807) is 0 Å². The van der Waals surface area contributed by atoms with E-state index in [1.165, 1.54) is 0 Å². The number of ether oxygens (including phenoxy) is 1. The third-order valence-electron chi connectivity index (χ3n) is 0.769. The molecule has 1 nitrogen and oxygen atoms in total. The summed E-state index contributed by atoms with van der Waals surface area (Å²) in [6.45, 7) is 7.44. The maximum absolute atomic E-state index is 5.01. The average Bonchev–Trinajstić information content (AvgIpc) is 1.80. The molecule has 0 atom stereocenters. The standard InChI is InChI=1S/C8H14O/c1-4-9-7-5-6-8(2)3/h8H,4,7H2,1-3H3. The highest BCUT2D eigenvalue weighted by Gasteiger charge is 1.79. The maximum Gasteiger partial charge on any atom is 0.107 e. The van der Waals surface area contributed by atoms with Gasteiger partial charge in [-0.15, -0.1) is 0 Å². The molecule has 0 aromatic rings. The van der Waals surface area contributed by atoms with Crippen molar-refractivity contribution < 1.29 is 4.74 Å². The van der Waals surface area contributed by atoms with E-state index in [4.69, 9.17) is 4.74 Å². The molecule has 1 heteroatoms. The molecule has 0 aliphatic carbocycles. The minimum Gasteiger partial charge on any atom is -0.369 e. The van der Waals surface area contributed by atoms with Crippen molar-refractivity contribution in [2.45, 2.75) is 20.8 Å². The molecule has 0 bridgehead atoms. The zero-order valence-corrected chi connectivity index (χ0v) is 6.40. The molecule has 0 radical (unpaired) electrons. The molecule has 0 saturated heterocycles. The second-order valence-corrected chi connectivity index (χ2v) is 2.11. The van der Waals surface area contributed by atoms with Gasteiger partial charge in [0.15, 0.2) is 0 Å². The van der Waals surface area contributed by atoms with Gasteiger partial charge in [-0.25, -0.2) is 0 Å². The molecule has 0 fully saturated rings. The Morgan fingerprint density at radius 3 is 2.56 bits per heavy atom. The Morgan fingerprint density at radius 2 is 2.11 bits per heavy atom. The summed E-state index contributed by atoms with van der Waals surface area (Å²) in [5, 5.41) is 0. The van der Waals surface area contributed by atoms with Crippen LogP contribution in [0, 0.1) is 17.8 Å². The van der Waals surface area contributed by atoms with Gasteiger partial charge >= 0.3 is 0 Å². The lowest BCUT2D eigenvalue weighted by molar-refractivity contribution is 0.182. The molecule has 9 heavy (non-hydrogen) atoms. The predicted molar refractivity (Wildman–Crippen MR) is 39.1 cm³/mol. The number of hydrogen-bond donors (Lipinski definition) is 0. The summed E-state index contributed by atoms with van der Waals surface area (Å²) in [7, 11) is 0. The van der Waals surface area contributed by atoms with Gasteiger partial charge in [0.05, 0.1) is 0 Å². The molecule has 0 unspecified atom stereocenters. The van der Waals surface area contributed by atoms with Gasteiger partial charge in [0.1, 0.15) is 6.61 Å². The highest BCUT2D eigenvalue weighted by atomic mass is 16.5. The Bertz CT molecular complexity index is 105. The fourth-order valence-electron chi connectivity index (χ4n) is 0.399. The highest BCUT2D eigenvalue weighted by Crippen LogP contribution is 1.84. The van der Waals surface area contributed by atoms with Crippen LogP contribution in [0.5, 0.6) is 0 Å². The second-order valence-electron chi connectivity index (χ2n) is 2.11. The molecule has 0 rings (SSSR count). The topological polar surface area (TPSA) is 9.23 Å². The van der Waals surface area contributed by atoms with Crippen LogP contribution in [0.25, 0.3) is 0 Å². The summed E-state index contributed by atoms with van der Waals surface area (Å²) < 4.78 is 5.01. The molecule has 0 aliphatic rings. The first-order valence-corrected chi connectivity index (χ1v) is 3.33. The van der Waals surface area contributed by atoms with Gasteiger partial charge in [-0.3, -0.25) is 0 Å². The largest absolute Gasteiger partial charge is 0.369 e. The van der Waals surface area contributed by atoms with Crippen molar-refractivity contribution in [2.75, 3.05) is 13.2 Å². The van der Waals surface area contributed by atoms with Crippen molar-refractivity contribution in [2.24, 2.45) is 5.92 Å². The van der Waals surface area contributed by atoms with Crippen LogP contribution in [0.4, 0.5) is 0 Å². The van der Waals surface area contributed by atoms with Crippen LogP contribution in [0.15, 0.2) is 0 Å². The highest BCUT2D eigenvalue weighted by molar-refractivity contribution is 5.01. The Morgan fingerprint density at radius 1 is 1.44 bits per heavy atom. The quantitative estimate of drug-likeness (QED) is 0.404. The summed E-state index contributed by atoms with van der Waals surface area (Å²) in [6.07, 6.45) is 0. The lowest BCUT2D eigenvalue weighted by Crippen LogP contribution is -1.89. The zero-order valence-electron chi connectivity index (χ0n) is 6.40. The molecule has 0 aromatic heterocycles. The smallest absolute Gasteiger partial charge is 0.107 e. The molecule has 0 heterocycles. The molecule has 0 saturated carbocycles. The maximum atomic E-state index is 5.01. The van der Waals surface area contributed by atoms with Gasteiger partial charge < -0.3 is 4.74 Å². The summed E-state index contributed by atoms with van der Waals surface area (Å²) in [5.74, 6) is 6.38. The van der Waals surface area contributed by atoms with Crippen LogP contribution in [0.1, 0.15) is 20.8 Å². The van der Waals surface area contributed by atoms with Crippen LogP contribution < -0.4 is 0 Å². The van der Waals surface area contributed by atoms with Crippen molar-refractivity contribution >= 4 is 0 Å². The SMILES string of the molecule is CCOCC#CC(C)C. The van der Waals surface area contributed by atoms with Gasteiger partial charge in [0.2, 0.25) is 0 Å². The van der Waals surface area contributed by atoms with Crippen LogP contribution in [0.3, 0.4) is 0 Å². The fourth-order valence-corrected chi connectivity index (χ4v) is 0.399. The van der Waals surface area contributed by atoms with E-state index in [2.05, 4.69) is 25.7 Å². The normalized spacial score (nSPS) is 8.89. The summed E-state index contributed by atoms with van der Waals surface area (Å²) in [4.78, 5) is 0. The first-order chi connectivity index (χ1) is 4.27. The first kappa shape index (κ1) is 8.52. The van der Waals surface area contributed by atoms with Crippen molar-refractivity contribution in [1.82, 2.24) is 0 Å². The molecule has 0 spiro atoms. The van der Waals surface area contributed by atoms with Gasteiger partial charge in [0, 0.05) is 12.5 Å². The van der Waals surface area contributed by atoms with Crippen LogP contribution in [-0.4, -0.2) is 13.2 Å². The second kappa shape index (κ2) is 5.65. The summed E-state index contributed by atoms with van der Waals surface area (Å²) in [5.41, 5.74) is 0. The van der Waals surface area contributed by atoms with E-state index in [0.29, 0.717) is 12.5 Å². The van der Waals surface area contributed by atoms with E-state index < -0.39 is 0 Å². The van der Waals surface area contributed by atoms with Crippen LogP contribution >= 0.6 is 0 Å². The van der Waals surface area contributed by atoms with Crippen molar-refractivity contribution in [3.63, 3.8) is 0 Å². The Balaban J connectivity index is 3.16. The average molecular weight is 126 g/mol. The lowest BCUT2D eigenvalue weighted by atomic mass is 10.2. The zero-order chi connectivity index (χ0) is 7.11. The third-order valence-corrected chi connectivity index (χ3v) is 0.769. The van der Waals surface area contributed by atoms with Crippen molar-refractivity contribution in [3.8, 4) is 11.8 Å². The van der Waals surface area contributed by atoms with E-state index >= 15 is 0 Å². The molecular formula is C8H14O. The summed E-state index contributed by atoms with van der Waals surface area (Å²) >= 11 is 0. The number of rotatable bonds is 2. The summed E-state index contributed by atoms with van der Waals surface area (Å²) in [6, 6.07) is 0. The van der Waals surface area contributed by atoms with Gasteiger partial charge in [-0.1, -0.05) is 25.7 Å².